The molecule has 17 heavy (non-hydrogen) atoms. The molecule has 1 aliphatic heterocycles. The molecule has 4 heteroatoms. The summed E-state index contributed by atoms with van der Waals surface area (Å²) in [7, 11) is 4.22. The molecule has 4 nitrogen and oxygen atoms in total. The van der Waals surface area contributed by atoms with Crippen LogP contribution in [0.25, 0.3) is 0 Å². The lowest BCUT2D eigenvalue weighted by atomic mass is 10.2. The molecule has 1 aromatic rings. The van der Waals surface area contributed by atoms with Crippen molar-refractivity contribution in [3.05, 3.63) is 23.9 Å². The fourth-order valence-electron chi connectivity index (χ4n) is 2.47. The topological polar surface area (TPSA) is 42.0 Å². The summed E-state index contributed by atoms with van der Waals surface area (Å²) >= 11 is 0. The van der Waals surface area contributed by atoms with Gasteiger partial charge in [0.15, 0.2) is 6.04 Å². The number of amides is 1. The zero-order valence-corrected chi connectivity index (χ0v) is 10.7. The molecular formula is C13H20N3O+. The Bertz CT molecular complexity index is 428. The lowest BCUT2D eigenvalue weighted by Crippen LogP contribution is -2.50. The minimum absolute atomic E-state index is 0.0531. The number of aromatic nitrogens is 1. The summed E-state index contributed by atoms with van der Waals surface area (Å²) in [5.41, 5.74) is 0.919. The molecule has 1 amide bonds. The first kappa shape index (κ1) is 12.0. The van der Waals surface area contributed by atoms with Gasteiger partial charge in [0.25, 0.3) is 5.91 Å². The SMILES string of the molecule is Cc1cccc(NC(=O)C2CCC[N+]2(C)C)n1. The number of nitrogens with one attached hydrogen (secondary N) is 1. The molecule has 1 unspecified atom stereocenters. The Morgan fingerprint density at radius 2 is 2.24 bits per heavy atom. The average molecular weight is 234 g/mol. The number of nitrogens with zero attached hydrogens (tertiary/aromatic N) is 2. The molecule has 0 aliphatic carbocycles. The van der Waals surface area contributed by atoms with Crippen LogP contribution in [0.15, 0.2) is 18.2 Å². The van der Waals surface area contributed by atoms with Crippen LogP contribution in [0.5, 0.6) is 0 Å². The monoisotopic (exact) mass is 234 g/mol. The van der Waals surface area contributed by atoms with Gasteiger partial charge in [0.05, 0.1) is 20.6 Å². The molecular weight excluding hydrogens is 214 g/mol. The molecule has 0 saturated carbocycles. The summed E-state index contributed by atoms with van der Waals surface area (Å²) in [4.78, 5) is 16.5. The van der Waals surface area contributed by atoms with E-state index in [9.17, 15) is 4.79 Å². The summed E-state index contributed by atoms with van der Waals surface area (Å²) < 4.78 is 0.775. The van der Waals surface area contributed by atoms with Crippen LogP contribution < -0.4 is 5.32 Å². The highest BCUT2D eigenvalue weighted by Crippen LogP contribution is 2.23. The number of hydrogen-bond acceptors (Lipinski definition) is 2. The van der Waals surface area contributed by atoms with Gasteiger partial charge in [0, 0.05) is 18.5 Å². The number of likely N-dealkylation sites (tertiary alicyclic amines) is 1. The average Bonchev–Trinajstić information content (AvgIpc) is 2.58. The maximum Gasteiger partial charge on any atom is 0.283 e. The highest BCUT2D eigenvalue weighted by atomic mass is 16.2. The van der Waals surface area contributed by atoms with Crippen molar-refractivity contribution in [1.82, 2.24) is 4.98 Å². The van der Waals surface area contributed by atoms with E-state index in [1.807, 2.05) is 25.1 Å². The number of anilines is 1. The van der Waals surface area contributed by atoms with Crippen LogP contribution >= 0.6 is 0 Å². The molecule has 1 fully saturated rings. The van der Waals surface area contributed by atoms with Gasteiger partial charge in [0.2, 0.25) is 0 Å². The zero-order valence-electron chi connectivity index (χ0n) is 10.7. The molecule has 1 aliphatic rings. The van der Waals surface area contributed by atoms with Crippen molar-refractivity contribution < 1.29 is 9.28 Å². The molecule has 1 atom stereocenters. The lowest BCUT2D eigenvalue weighted by molar-refractivity contribution is -0.892. The van der Waals surface area contributed by atoms with E-state index in [0.717, 1.165) is 29.6 Å². The van der Waals surface area contributed by atoms with Crippen LogP contribution in [-0.2, 0) is 4.79 Å². The van der Waals surface area contributed by atoms with E-state index in [-0.39, 0.29) is 11.9 Å². The fourth-order valence-corrected chi connectivity index (χ4v) is 2.47. The highest BCUT2D eigenvalue weighted by molar-refractivity contribution is 5.93. The number of rotatable bonds is 2. The predicted molar refractivity (Wildman–Crippen MR) is 67.6 cm³/mol. The van der Waals surface area contributed by atoms with E-state index in [4.69, 9.17) is 0 Å². The van der Waals surface area contributed by atoms with Crippen LogP contribution in [0.3, 0.4) is 0 Å². The number of aryl methyl sites for hydroxylation is 1. The maximum absolute atomic E-state index is 12.2. The number of carbonyl (C=O) groups excluding carboxylic acids is 1. The van der Waals surface area contributed by atoms with Crippen molar-refractivity contribution in [1.29, 1.82) is 0 Å². The van der Waals surface area contributed by atoms with Gasteiger partial charge in [-0.15, -0.1) is 0 Å². The maximum atomic E-state index is 12.2. The van der Waals surface area contributed by atoms with Crippen molar-refractivity contribution in [3.8, 4) is 0 Å². The number of quaternary nitrogens is 1. The van der Waals surface area contributed by atoms with E-state index >= 15 is 0 Å². The van der Waals surface area contributed by atoms with Gasteiger partial charge in [-0.1, -0.05) is 6.07 Å². The second-order valence-corrected chi connectivity index (χ2v) is 5.31. The summed E-state index contributed by atoms with van der Waals surface area (Å²) in [5, 5.41) is 2.91. The van der Waals surface area contributed by atoms with E-state index in [2.05, 4.69) is 24.4 Å². The van der Waals surface area contributed by atoms with Crippen molar-refractivity contribution in [3.63, 3.8) is 0 Å². The Labute approximate surface area is 102 Å². The minimum atomic E-state index is 0.0531. The normalized spacial score (nSPS) is 22.4. The Morgan fingerprint density at radius 1 is 1.47 bits per heavy atom. The molecule has 0 radical (unpaired) electrons. The molecule has 0 spiro atoms. The first-order valence-electron chi connectivity index (χ1n) is 6.06. The third-order valence-corrected chi connectivity index (χ3v) is 3.50. The van der Waals surface area contributed by atoms with Crippen LogP contribution in [0.1, 0.15) is 18.5 Å². The number of pyridine rings is 1. The lowest BCUT2D eigenvalue weighted by Gasteiger charge is -2.30. The summed E-state index contributed by atoms with van der Waals surface area (Å²) in [6.45, 7) is 2.99. The summed E-state index contributed by atoms with van der Waals surface area (Å²) in [6.07, 6.45) is 2.08. The van der Waals surface area contributed by atoms with Crippen LogP contribution in [-0.4, -0.2) is 42.1 Å². The third-order valence-electron chi connectivity index (χ3n) is 3.50. The Kier molecular flexibility index (Phi) is 3.15. The van der Waals surface area contributed by atoms with Gasteiger partial charge in [0.1, 0.15) is 5.82 Å². The number of carbonyl (C=O) groups is 1. The smallest absolute Gasteiger partial charge is 0.283 e. The van der Waals surface area contributed by atoms with Gasteiger partial charge < -0.3 is 9.80 Å². The largest absolute Gasteiger partial charge is 0.318 e. The van der Waals surface area contributed by atoms with Crippen molar-refractivity contribution in [2.75, 3.05) is 26.0 Å². The first-order valence-corrected chi connectivity index (χ1v) is 6.06. The van der Waals surface area contributed by atoms with E-state index < -0.39 is 0 Å². The molecule has 1 saturated heterocycles. The predicted octanol–water partition coefficient (Wildman–Crippen LogP) is 1.57. The second-order valence-electron chi connectivity index (χ2n) is 5.31. The van der Waals surface area contributed by atoms with Crippen molar-refractivity contribution >= 4 is 11.7 Å². The molecule has 1 N–H and O–H groups in total. The third kappa shape index (κ3) is 2.64. The fraction of sp³-hybridized carbons (Fsp3) is 0.538. The van der Waals surface area contributed by atoms with Crippen molar-refractivity contribution in [2.45, 2.75) is 25.8 Å². The standard InChI is InChI=1S/C13H19N3O/c1-10-6-4-8-12(14-10)15-13(17)11-7-5-9-16(11,2)3/h4,6,8,11H,5,7,9H2,1-3H3/p+1. The quantitative estimate of drug-likeness (QED) is 0.789. The van der Waals surface area contributed by atoms with Gasteiger partial charge in [-0.2, -0.15) is 0 Å². The van der Waals surface area contributed by atoms with E-state index in [1.165, 1.54) is 0 Å². The van der Waals surface area contributed by atoms with E-state index in [1.54, 1.807) is 0 Å². The van der Waals surface area contributed by atoms with E-state index in [0.29, 0.717) is 5.82 Å². The van der Waals surface area contributed by atoms with Crippen molar-refractivity contribution in [2.24, 2.45) is 0 Å². The Balaban J connectivity index is 2.07. The Morgan fingerprint density at radius 3 is 2.82 bits per heavy atom. The van der Waals surface area contributed by atoms with Crippen LogP contribution in [0.2, 0.25) is 0 Å². The summed E-state index contributed by atoms with van der Waals surface area (Å²) in [5.74, 6) is 0.743. The van der Waals surface area contributed by atoms with Gasteiger partial charge in [-0.3, -0.25) is 4.79 Å². The number of hydrogen-bond donors (Lipinski definition) is 1. The summed E-state index contributed by atoms with van der Waals surface area (Å²) in [6, 6.07) is 5.72. The number of likely N-dealkylation sites (N-methyl/N-ethyl adjacent to an activating group) is 1. The highest BCUT2D eigenvalue weighted by Gasteiger charge is 2.39. The van der Waals surface area contributed by atoms with Gasteiger partial charge in [-0.05, 0) is 19.1 Å². The second kappa shape index (κ2) is 4.45. The van der Waals surface area contributed by atoms with Crippen LogP contribution in [0.4, 0.5) is 5.82 Å². The first-order chi connectivity index (χ1) is 7.99. The molecule has 1 aromatic heterocycles. The zero-order chi connectivity index (χ0) is 12.5. The molecule has 92 valence electrons. The van der Waals surface area contributed by atoms with Gasteiger partial charge in [-0.25, -0.2) is 4.98 Å². The Hall–Kier alpha value is -1.42. The molecule has 2 rings (SSSR count). The molecule has 0 bridgehead atoms. The van der Waals surface area contributed by atoms with Crippen LogP contribution in [0, 0.1) is 6.92 Å². The van der Waals surface area contributed by atoms with Gasteiger partial charge >= 0.3 is 0 Å². The minimum Gasteiger partial charge on any atom is -0.318 e. The molecule has 0 aromatic carbocycles. The molecule has 2 heterocycles.